The first-order valence-corrected chi connectivity index (χ1v) is 4.59. The largest absolute Gasteiger partial charge is 0.337 e. The van der Waals surface area contributed by atoms with Gasteiger partial charge >= 0.3 is 0 Å². The molecule has 0 aromatic carbocycles. The van der Waals surface area contributed by atoms with E-state index in [-0.39, 0.29) is 5.41 Å². The van der Waals surface area contributed by atoms with E-state index in [1.165, 1.54) is 0 Å². The highest BCUT2D eigenvalue weighted by atomic mass is 32.1. The Morgan fingerprint density at radius 1 is 1.50 bits per heavy atom. The van der Waals surface area contributed by atoms with E-state index in [0.717, 1.165) is 4.77 Å². The van der Waals surface area contributed by atoms with Crippen molar-refractivity contribution in [1.82, 2.24) is 9.55 Å². The molecule has 0 spiro atoms. The molecule has 2 nitrogen and oxygen atoms in total. The number of aromatic amines is 1. The molecule has 1 rings (SSSR count). The fourth-order valence-electron chi connectivity index (χ4n) is 1.05. The molecule has 0 aliphatic carbocycles. The lowest BCUT2D eigenvalue weighted by Crippen LogP contribution is -2.20. The summed E-state index contributed by atoms with van der Waals surface area (Å²) in [6.45, 7) is 8.83. The van der Waals surface area contributed by atoms with Crippen molar-refractivity contribution in [3.63, 3.8) is 0 Å². The van der Waals surface area contributed by atoms with Crippen LogP contribution in [-0.2, 0) is 0 Å². The molecular weight excluding hydrogens is 168 g/mol. The summed E-state index contributed by atoms with van der Waals surface area (Å²) in [5.74, 6) is 0. The number of H-pyrrole nitrogens is 1. The van der Waals surface area contributed by atoms with Crippen LogP contribution in [0.4, 0.5) is 0 Å². The summed E-state index contributed by atoms with van der Waals surface area (Å²) in [4.78, 5) is 3.00. The zero-order chi connectivity index (χ0) is 9.35. The molecule has 1 N–H and O–H groups in total. The molecule has 0 amide bonds. The summed E-state index contributed by atoms with van der Waals surface area (Å²) >= 11 is 5.14. The van der Waals surface area contributed by atoms with Crippen LogP contribution < -0.4 is 0 Å². The quantitative estimate of drug-likeness (QED) is 0.665. The topological polar surface area (TPSA) is 20.7 Å². The zero-order valence-electron chi connectivity index (χ0n) is 8.09. The monoisotopic (exact) mass is 184 g/mol. The Hall–Kier alpha value is -0.570. The Balaban J connectivity index is 3.01. The smallest absolute Gasteiger partial charge is 0.177 e. The second kappa shape index (κ2) is 3.05. The normalized spacial score (nSPS) is 14.7. The van der Waals surface area contributed by atoms with E-state index in [1.54, 1.807) is 0 Å². The van der Waals surface area contributed by atoms with Crippen molar-refractivity contribution in [3.8, 4) is 0 Å². The van der Waals surface area contributed by atoms with Gasteiger partial charge in [0, 0.05) is 18.4 Å². The van der Waals surface area contributed by atoms with Gasteiger partial charge in [-0.3, -0.25) is 0 Å². The number of nitrogens with zero attached hydrogens (tertiary/aromatic N) is 1. The van der Waals surface area contributed by atoms with Crippen molar-refractivity contribution in [3.05, 3.63) is 17.2 Å². The number of nitrogens with one attached hydrogen (secondary N) is 1. The fourth-order valence-corrected chi connectivity index (χ4v) is 1.34. The third kappa shape index (κ3) is 1.78. The highest BCUT2D eigenvalue weighted by molar-refractivity contribution is 7.71. The average Bonchev–Trinajstić information content (AvgIpc) is 2.31. The Labute approximate surface area is 78.6 Å². The highest BCUT2D eigenvalue weighted by Crippen LogP contribution is 2.29. The van der Waals surface area contributed by atoms with E-state index in [0.29, 0.717) is 6.04 Å². The van der Waals surface area contributed by atoms with Crippen LogP contribution in [0.1, 0.15) is 33.7 Å². The van der Waals surface area contributed by atoms with Crippen molar-refractivity contribution in [2.45, 2.75) is 33.7 Å². The van der Waals surface area contributed by atoms with Gasteiger partial charge in [-0.15, -0.1) is 0 Å². The van der Waals surface area contributed by atoms with Crippen LogP contribution in [0.5, 0.6) is 0 Å². The molecule has 0 aliphatic heterocycles. The van der Waals surface area contributed by atoms with E-state index < -0.39 is 0 Å². The first-order chi connectivity index (χ1) is 5.43. The fraction of sp³-hybridized carbons (Fsp3) is 0.667. The molecule has 12 heavy (non-hydrogen) atoms. The maximum Gasteiger partial charge on any atom is 0.177 e. The summed E-state index contributed by atoms with van der Waals surface area (Å²) in [7, 11) is 0. The lowest BCUT2D eigenvalue weighted by atomic mass is 9.88. The molecule has 0 fully saturated rings. The van der Waals surface area contributed by atoms with Crippen LogP contribution in [-0.4, -0.2) is 9.55 Å². The van der Waals surface area contributed by atoms with Crippen molar-refractivity contribution in [1.29, 1.82) is 0 Å². The number of rotatable bonds is 1. The van der Waals surface area contributed by atoms with E-state index in [1.807, 2.05) is 12.4 Å². The van der Waals surface area contributed by atoms with Gasteiger partial charge in [0.05, 0.1) is 0 Å². The summed E-state index contributed by atoms with van der Waals surface area (Å²) in [5, 5.41) is 0. The number of hydrogen-bond donors (Lipinski definition) is 1. The Morgan fingerprint density at radius 2 is 2.08 bits per heavy atom. The Bertz CT molecular complexity index is 303. The van der Waals surface area contributed by atoms with E-state index in [2.05, 4.69) is 37.2 Å². The van der Waals surface area contributed by atoms with Crippen LogP contribution >= 0.6 is 12.2 Å². The van der Waals surface area contributed by atoms with Gasteiger partial charge in [-0.2, -0.15) is 0 Å². The molecular formula is C9H16N2S. The zero-order valence-corrected chi connectivity index (χ0v) is 8.90. The van der Waals surface area contributed by atoms with E-state index in [9.17, 15) is 0 Å². The Kier molecular flexibility index (Phi) is 2.42. The summed E-state index contributed by atoms with van der Waals surface area (Å²) in [5.41, 5.74) is 0.250. The molecule has 0 saturated heterocycles. The molecule has 1 aromatic rings. The van der Waals surface area contributed by atoms with Gasteiger partial charge in [0.2, 0.25) is 0 Å². The van der Waals surface area contributed by atoms with Gasteiger partial charge in [-0.05, 0) is 24.6 Å². The van der Waals surface area contributed by atoms with Gasteiger partial charge in [0.25, 0.3) is 0 Å². The minimum atomic E-state index is 0.250. The Morgan fingerprint density at radius 3 is 2.42 bits per heavy atom. The van der Waals surface area contributed by atoms with Crippen molar-refractivity contribution in [2.75, 3.05) is 0 Å². The third-order valence-electron chi connectivity index (χ3n) is 2.35. The molecule has 1 unspecified atom stereocenters. The first kappa shape index (κ1) is 9.52. The van der Waals surface area contributed by atoms with Crippen LogP contribution in [0.2, 0.25) is 0 Å². The summed E-state index contributed by atoms with van der Waals surface area (Å²) in [6, 6.07) is 0.427. The number of hydrogen-bond acceptors (Lipinski definition) is 1. The maximum absolute atomic E-state index is 5.14. The SMILES string of the molecule is CC(n1cc[nH]c1=S)C(C)(C)C. The van der Waals surface area contributed by atoms with Crippen LogP contribution in [0.25, 0.3) is 0 Å². The predicted octanol–water partition coefficient (Wildman–Crippen LogP) is 3.15. The van der Waals surface area contributed by atoms with Gasteiger partial charge in [0.1, 0.15) is 0 Å². The van der Waals surface area contributed by atoms with Gasteiger partial charge in [0.15, 0.2) is 4.77 Å². The first-order valence-electron chi connectivity index (χ1n) is 4.18. The van der Waals surface area contributed by atoms with Crippen molar-refractivity contribution < 1.29 is 0 Å². The molecule has 1 heterocycles. The predicted molar refractivity (Wildman–Crippen MR) is 53.8 cm³/mol. The molecule has 68 valence electrons. The second-order valence-corrected chi connectivity index (χ2v) is 4.60. The van der Waals surface area contributed by atoms with Crippen molar-refractivity contribution >= 4 is 12.2 Å². The number of imidazole rings is 1. The second-order valence-electron chi connectivity index (χ2n) is 4.21. The molecule has 0 aliphatic rings. The van der Waals surface area contributed by atoms with Gasteiger partial charge in [-0.25, -0.2) is 0 Å². The molecule has 0 saturated carbocycles. The van der Waals surface area contributed by atoms with Crippen molar-refractivity contribution in [2.24, 2.45) is 5.41 Å². The maximum atomic E-state index is 5.14. The lowest BCUT2D eigenvalue weighted by molar-refractivity contribution is 0.260. The summed E-state index contributed by atoms with van der Waals surface area (Å²) in [6.07, 6.45) is 3.88. The molecule has 3 heteroatoms. The van der Waals surface area contributed by atoms with E-state index in [4.69, 9.17) is 12.2 Å². The molecule has 0 bridgehead atoms. The van der Waals surface area contributed by atoms with Crippen LogP contribution in [0, 0.1) is 10.2 Å². The highest BCUT2D eigenvalue weighted by Gasteiger charge is 2.21. The van der Waals surface area contributed by atoms with Crippen LogP contribution in [0.15, 0.2) is 12.4 Å². The van der Waals surface area contributed by atoms with Gasteiger partial charge in [-0.1, -0.05) is 20.8 Å². The third-order valence-corrected chi connectivity index (χ3v) is 2.68. The standard InChI is InChI=1S/C9H16N2S/c1-7(9(2,3)4)11-6-5-10-8(11)12/h5-7H,1-4H3,(H,10,12). The minimum absolute atomic E-state index is 0.250. The molecule has 0 radical (unpaired) electrons. The summed E-state index contributed by atoms with van der Waals surface area (Å²) < 4.78 is 2.90. The molecule has 1 atom stereocenters. The average molecular weight is 184 g/mol. The van der Waals surface area contributed by atoms with Crippen LogP contribution in [0.3, 0.4) is 0 Å². The molecule has 1 aromatic heterocycles. The number of aromatic nitrogens is 2. The van der Waals surface area contributed by atoms with Gasteiger partial charge < -0.3 is 9.55 Å². The lowest BCUT2D eigenvalue weighted by Gasteiger charge is -2.28. The minimum Gasteiger partial charge on any atom is -0.337 e. The van der Waals surface area contributed by atoms with E-state index >= 15 is 0 Å².